The topological polar surface area (TPSA) is 79.1 Å². The number of likely N-dealkylation sites (tertiary alicyclic amines) is 1. The number of ether oxygens (including phenoxy) is 1. The Hall–Kier alpha value is -2.58. The molecule has 2 saturated heterocycles. The molecule has 2 aromatic rings. The first-order chi connectivity index (χ1) is 15.8. The maximum Gasteiger partial charge on any atom is 0.292 e. The largest absolute Gasteiger partial charge is 0.493 e. The average molecular weight is 475 g/mol. The van der Waals surface area contributed by atoms with E-state index in [9.17, 15) is 9.59 Å². The second-order valence-corrected chi connectivity index (χ2v) is 9.71. The molecule has 33 heavy (non-hydrogen) atoms. The van der Waals surface area contributed by atoms with Gasteiger partial charge in [0.05, 0.1) is 12.3 Å². The van der Waals surface area contributed by atoms with Crippen LogP contribution >= 0.6 is 11.6 Å². The molecule has 8 nitrogen and oxygen atoms in total. The molecule has 0 spiro atoms. The van der Waals surface area contributed by atoms with Crippen LogP contribution in [-0.4, -0.2) is 84.6 Å². The van der Waals surface area contributed by atoms with Gasteiger partial charge in [-0.05, 0) is 45.0 Å². The lowest BCUT2D eigenvalue weighted by molar-refractivity contribution is -0.137. The molecule has 0 N–H and O–H groups in total. The Morgan fingerprint density at radius 3 is 2.64 bits per heavy atom. The summed E-state index contributed by atoms with van der Waals surface area (Å²) in [7, 11) is 2.07. The lowest BCUT2D eigenvalue weighted by Crippen LogP contribution is -2.53. The van der Waals surface area contributed by atoms with Crippen molar-refractivity contribution >= 4 is 23.4 Å². The number of hydrogen-bond donors (Lipinski definition) is 0. The van der Waals surface area contributed by atoms with Crippen molar-refractivity contribution in [3.8, 4) is 5.75 Å². The van der Waals surface area contributed by atoms with Gasteiger partial charge in [-0.2, -0.15) is 0 Å². The number of amides is 2. The van der Waals surface area contributed by atoms with Gasteiger partial charge in [-0.3, -0.25) is 9.59 Å². The molecule has 0 radical (unpaired) electrons. The summed E-state index contributed by atoms with van der Waals surface area (Å²) in [6.07, 6.45) is 1.91. The average Bonchev–Trinajstić information content (AvgIpc) is 3.24. The van der Waals surface area contributed by atoms with Crippen LogP contribution in [0.25, 0.3) is 0 Å². The van der Waals surface area contributed by atoms with Crippen molar-refractivity contribution in [1.82, 2.24) is 19.9 Å². The fourth-order valence-corrected chi connectivity index (χ4v) is 4.78. The van der Waals surface area contributed by atoms with Gasteiger partial charge in [0.2, 0.25) is 11.7 Å². The number of carbonyl (C=O) groups excluding carboxylic acids is 2. The second kappa shape index (κ2) is 10.1. The Labute approximate surface area is 199 Å². The SMILES string of the molecule is Cc1cc(C(=O)N2CCC[C@@](COc3cccc(Cl)c3)(CC(=O)N3CCN(C)CC3)C2)on1. The highest BCUT2D eigenvalue weighted by molar-refractivity contribution is 6.30. The lowest BCUT2D eigenvalue weighted by Gasteiger charge is -2.43. The molecular weight excluding hydrogens is 444 g/mol. The zero-order valence-electron chi connectivity index (χ0n) is 19.3. The minimum absolute atomic E-state index is 0.114. The zero-order valence-corrected chi connectivity index (χ0v) is 20.0. The first-order valence-corrected chi connectivity index (χ1v) is 11.8. The molecule has 9 heteroatoms. The summed E-state index contributed by atoms with van der Waals surface area (Å²) in [5.41, 5.74) is 0.169. The van der Waals surface area contributed by atoms with E-state index in [0.29, 0.717) is 42.6 Å². The van der Waals surface area contributed by atoms with Gasteiger partial charge in [0.1, 0.15) is 5.75 Å². The number of rotatable bonds is 6. The second-order valence-electron chi connectivity index (χ2n) is 9.27. The summed E-state index contributed by atoms with van der Waals surface area (Å²) in [5, 5.41) is 4.44. The molecule has 0 aliphatic carbocycles. The standard InChI is InChI=1S/C24H31ClN4O4/c1-18-13-21(33-26-18)23(31)29-8-4-7-24(16-29,17-32-20-6-3-5-19(25)14-20)15-22(30)28-11-9-27(2)10-12-28/h3,5-6,13-14H,4,7-12,15-17H2,1-2H3/t24-/m1/s1. The van der Waals surface area contributed by atoms with Crippen LogP contribution in [0, 0.1) is 12.3 Å². The highest BCUT2D eigenvalue weighted by Gasteiger charge is 2.41. The number of piperidine rings is 1. The van der Waals surface area contributed by atoms with E-state index in [4.69, 9.17) is 20.9 Å². The van der Waals surface area contributed by atoms with E-state index in [1.54, 1.807) is 30.0 Å². The fourth-order valence-electron chi connectivity index (χ4n) is 4.60. The number of nitrogens with zero attached hydrogens (tertiary/aromatic N) is 4. The van der Waals surface area contributed by atoms with Gasteiger partial charge in [0.25, 0.3) is 5.91 Å². The van der Waals surface area contributed by atoms with E-state index >= 15 is 0 Å². The van der Waals surface area contributed by atoms with Crippen molar-refractivity contribution in [1.29, 1.82) is 0 Å². The summed E-state index contributed by atoms with van der Waals surface area (Å²) in [4.78, 5) is 32.3. The van der Waals surface area contributed by atoms with Crippen molar-refractivity contribution in [2.45, 2.75) is 26.2 Å². The van der Waals surface area contributed by atoms with Gasteiger partial charge in [0, 0.05) is 62.2 Å². The van der Waals surface area contributed by atoms with E-state index in [-0.39, 0.29) is 17.6 Å². The van der Waals surface area contributed by atoms with Crippen molar-refractivity contribution in [2.75, 3.05) is 52.9 Å². The molecule has 1 atom stereocenters. The Kier molecular flexibility index (Phi) is 7.24. The Morgan fingerprint density at radius 2 is 1.94 bits per heavy atom. The molecule has 4 rings (SSSR count). The van der Waals surface area contributed by atoms with E-state index in [0.717, 1.165) is 39.0 Å². The predicted octanol–water partition coefficient (Wildman–Crippen LogP) is 3.10. The van der Waals surface area contributed by atoms with Crippen molar-refractivity contribution in [3.63, 3.8) is 0 Å². The first kappa shape index (κ1) is 23.6. The number of carbonyl (C=O) groups is 2. The molecule has 3 heterocycles. The maximum atomic E-state index is 13.3. The number of benzene rings is 1. The number of aromatic nitrogens is 1. The molecule has 0 saturated carbocycles. The molecule has 1 aromatic carbocycles. The van der Waals surface area contributed by atoms with Crippen molar-refractivity contribution in [2.24, 2.45) is 5.41 Å². The lowest BCUT2D eigenvalue weighted by atomic mass is 9.77. The summed E-state index contributed by atoms with van der Waals surface area (Å²) in [6.45, 7) is 6.33. The zero-order chi connectivity index (χ0) is 23.4. The van der Waals surface area contributed by atoms with E-state index in [1.807, 2.05) is 17.0 Å². The van der Waals surface area contributed by atoms with E-state index in [2.05, 4.69) is 17.1 Å². The van der Waals surface area contributed by atoms with Gasteiger partial charge < -0.3 is 24.0 Å². The molecular formula is C24H31ClN4O4. The monoisotopic (exact) mass is 474 g/mol. The molecule has 2 fully saturated rings. The molecule has 0 unspecified atom stereocenters. The minimum atomic E-state index is -0.494. The molecule has 0 bridgehead atoms. The van der Waals surface area contributed by atoms with Gasteiger partial charge in [0.15, 0.2) is 0 Å². The molecule has 178 valence electrons. The smallest absolute Gasteiger partial charge is 0.292 e. The van der Waals surface area contributed by atoms with Crippen LogP contribution in [0.4, 0.5) is 0 Å². The number of piperazine rings is 1. The van der Waals surface area contributed by atoms with Crippen molar-refractivity contribution < 1.29 is 18.8 Å². The Balaban J connectivity index is 1.52. The van der Waals surface area contributed by atoms with Gasteiger partial charge in [-0.1, -0.05) is 22.8 Å². The number of halogens is 1. The van der Waals surface area contributed by atoms with Crippen LogP contribution in [0.1, 0.15) is 35.5 Å². The molecule has 2 amide bonds. The van der Waals surface area contributed by atoms with E-state index in [1.165, 1.54) is 0 Å². The third-order valence-electron chi connectivity index (χ3n) is 6.51. The van der Waals surface area contributed by atoms with Crippen LogP contribution in [0.3, 0.4) is 0 Å². The number of likely N-dealkylation sites (N-methyl/N-ethyl adjacent to an activating group) is 1. The highest BCUT2D eigenvalue weighted by Crippen LogP contribution is 2.36. The minimum Gasteiger partial charge on any atom is -0.493 e. The summed E-state index contributed by atoms with van der Waals surface area (Å²) < 4.78 is 11.3. The maximum absolute atomic E-state index is 13.3. The number of hydrogen-bond acceptors (Lipinski definition) is 6. The number of aryl methyl sites for hydroxylation is 1. The predicted molar refractivity (Wildman–Crippen MR) is 124 cm³/mol. The summed E-state index contributed by atoms with van der Waals surface area (Å²) in [6, 6.07) is 8.89. The quantitative estimate of drug-likeness (QED) is 0.640. The van der Waals surface area contributed by atoms with Crippen LogP contribution in [-0.2, 0) is 4.79 Å². The van der Waals surface area contributed by atoms with Crippen LogP contribution in [0.5, 0.6) is 5.75 Å². The fraction of sp³-hybridized carbons (Fsp3) is 0.542. The molecule has 2 aliphatic heterocycles. The first-order valence-electron chi connectivity index (χ1n) is 11.4. The van der Waals surface area contributed by atoms with Crippen molar-refractivity contribution in [3.05, 3.63) is 46.8 Å². The third kappa shape index (κ3) is 5.86. The Bertz CT molecular complexity index is 988. The third-order valence-corrected chi connectivity index (χ3v) is 6.75. The van der Waals surface area contributed by atoms with E-state index < -0.39 is 5.41 Å². The van der Waals surface area contributed by atoms with Gasteiger partial charge in [-0.15, -0.1) is 0 Å². The molecule has 1 aromatic heterocycles. The molecule has 2 aliphatic rings. The van der Waals surface area contributed by atoms with Gasteiger partial charge in [-0.25, -0.2) is 0 Å². The van der Waals surface area contributed by atoms with Crippen LogP contribution in [0.15, 0.2) is 34.9 Å². The highest BCUT2D eigenvalue weighted by atomic mass is 35.5. The summed E-state index contributed by atoms with van der Waals surface area (Å²) >= 11 is 6.12. The normalized spacial score (nSPS) is 21.8. The van der Waals surface area contributed by atoms with Gasteiger partial charge >= 0.3 is 0 Å². The summed E-state index contributed by atoms with van der Waals surface area (Å²) in [5.74, 6) is 0.796. The Morgan fingerprint density at radius 1 is 1.15 bits per heavy atom. The van der Waals surface area contributed by atoms with Crippen LogP contribution < -0.4 is 4.74 Å². The van der Waals surface area contributed by atoms with Crippen LogP contribution in [0.2, 0.25) is 5.02 Å².